The molecule has 1 saturated heterocycles. The van der Waals surface area contributed by atoms with E-state index >= 15 is 0 Å². The van der Waals surface area contributed by atoms with Crippen LogP contribution in [0.5, 0.6) is 0 Å². The minimum atomic E-state index is -0.308. The number of nitrogens with zero attached hydrogens (tertiary/aromatic N) is 2. The van der Waals surface area contributed by atoms with Gasteiger partial charge in [-0.2, -0.15) is 0 Å². The summed E-state index contributed by atoms with van der Waals surface area (Å²) >= 11 is 5.97. The van der Waals surface area contributed by atoms with Gasteiger partial charge in [0.15, 0.2) is 0 Å². The van der Waals surface area contributed by atoms with Crippen molar-refractivity contribution in [2.24, 2.45) is 11.8 Å². The summed E-state index contributed by atoms with van der Waals surface area (Å²) in [5.74, 6) is 0.0793. The maximum atomic E-state index is 14.8. The third kappa shape index (κ3) is 6.18. The van der Waals surface area contributed by atoms with Crippen LogP contribution in [0.15, 0.2) is 18.2 Å². The van der Waals surface area contributed by atoms with Crippen molar-refractivity contribution in [2.75, 3.05) is 26.2 Å². The van der Waals surface area contributed by atoms with Crippen LogP contribution in [0.2, 0.25) is 5.02 Å². The summed E-state index contributed by atoms with van der Waals surface area (Å²) in [6.07, 6.45) is 3.06. The first-order chi connectivity index (χ1) is 13.6. The Morgan fingerprint density at radius 3 is 2.52 bits per heavy atom. The van der Waals surface area contributed by atoms with Crippen LogP contribution < -0.4 is 0 Å². The predicted octanol–water partition coefficient (Wildman–Crippen LogP) is 5.97. The Morgan fingerprint density at radius 1 is 1.28 bits per heavy atom. The Balaban J connectivity index is 2.31. The third-order valence-corrected chi connectivity index (χ3v) is 6.58. The number of hydrogen-bond donors (Lipinski definition) is 0. The number of amides is 1. The normalized spacial score (nSPS) is 21.4. The van der Waals surface area contributed by atoms with Gasteiger partial charge < -0.3 is 4.90 Å². The van der Waals surface area contributed by atoms with Crippen molar-refractivity contribution in [1.29, 1.82) is 0 Å². The highest BCUT2D eigenvalue weighted by Gasteiger charge is 2.44. The first-order valence-corrected chi connectivity index (χ1v) is 11.4. The van der Waals surface area contributed by atoms with E-state index in [1.165, 1.54) is 6.07 Å². The minimum absolute atomic E-state index is 0.0670. The lowest BCUT2D eigenvalue weighted by Crippen LogP contribution is -2.43. The standard InChI is InChI=1S/C24H38ClFN2O/c1-7-12-27(13-11-17(3)8-2)23(29)21-16-28(24(4,5)6)15-20(21)19-10-9-18(25)14-22(19)26/h9-10,14,17,20-21H,7-8,11-13,15-16H2,1-6H3/t17?,20-,21?/m0/s1. The Kier molecular flexibility index (Phi) is 8.54. The molecule has 2 unspecified atom stereocenters. The number of benzene rings is 1. The Bertz CT molecular complexity index is 688. The number of halogens is 2. The van der Waals surface area contributed by atoms with Crippen LogP contribution in [0.4, 0.5) is 4.39 Å². The number of rotatable bonds is 8. The number of hydrogen-bond acceptors (Lipinski definition) is 2. The molecule has 0 bridgehead atoms. The molecule has 1 heterocycles. The zero-order chi connectivity index (χ0) is 21.8. The summed E-state index contributed by atoms with van der Waals surface area (Å²) < 4.78 is 14.8. The summed E-state index contributed by atoms with van der Waals surface area (Å²) in [4.78, 5) is 18.0. The summed E-state index contributed by atoms with van der Waals surface area (Å²) in [5, 5.41) is 0.390. The second kappa shape index (κ2) is 10.3. The van der Waals surface area contributed by atoms with E-state index in [0.717, 1.165) is 32.4 Å². The fraction of sp³-hybridized carbons (Fsp3) is 0.708. The summed E-state index contributed by atoms with van der Waals surface area (Å²) in [6.45, 7) is 15.9. The molecule has 1 aliphatic rings. The highest BCUT2D eigenvalue weighted by molar-refractivity contribution is 6.30. The van der Waals surface area contributed by atoms with Crippen molar-refractivity contribution in [3.8, 4) is 0 Å². The van der Waals surface area contributed by atoms with Gasteiger partial charge >= 0.3 is 0 Å². The van der Waals surface area contributed by atoms with E-state index in [4.69, 9.17) is 11.6 Å². The molecule has 0 spiro atoms. The number of carbonyl (C=O) groups is 1. The SMILES string of the molecule is CCCN(CCC(C)CC)C(=O)C1CN(C(C)(C)C)C[C@H]1c1ccc(Cl)cc1F. The van der Waals surface area contributed by atoms with Crippen molar-refractivity contribution in [3.63, 3.8) is 0 Å². The first kappa shape index (κ1) is 24.1. The molecule has 1 aromatic rings. The highest BCUT2D eigenvalue weighted by Crippen LogP contribution is 2.39. The molecule has 3 nitrogen and oxygen atoms in total. The maximum Gasteiger partial charge on any atom is 0.227 e. The van der Waals surface area contributed by atoms with Gasteiger partial charge in [0.05, 0.1) is 5.92 Å². The quantitative estimate of drug-likeness (QED) is 0.513. The van der Waals surface area contributed by atoms with E-state index in [0.29, 0.717) is 29.6 Å². The minimum Gasteiger partial charge on any atom is -0.342 e. The molecule has 0 saturated carbocycles. The maximum absolute atomic E-state index is 14.8. The van der Waals surface area contributed by atoms with Crippen molar-refractivity contribution in [1.82, 2.24) is 9.80 Å². The Labute approximate surface area is 181 Å². The van der Waals surface area contributed by atoms with Gasteiger partial charge in [0, 0.05) is 42.7 Å². The lowest BCUT2D eigenvalue weighted by atomic mass is 9.87. The number of carbonyl (C=O) groups excluding carboxylic acids is 1. The van der Waals surface area contributed by atoms with Crippen molar-refractivity contribution in [2.45, 2.75) is 72.3 Å². The van der Waals surface area contributed by atoms with Gasteiger partial charge in [0.2, 0.25) is 5.91 Å². The van der Waals surface area contributed by atoms with Crippen LogP contribution in [0.25, 0.3) is 0 Å². The van der Waals surface area contributed by atoms with E-state index in [1.807, 2.05) is 4.90 Å². The van der Waals surface area contributed by atoms with E-state index in [9.17, 15) is 9.18 Å². The van der Waals surface area contributed by atoms with Crippen molar-refractivity contribution in [3.05, 3.63) is 34.6 Å². The van der Waals surface area contributed by atoms with Crippen LogP contribution in [0.1, 0.15) is 72.3 Å². The second-order valence-electron chi connectivity index (χ2n) is 9.58. The van der Waals surface area contributed by atoms with Crippen LogP contribution in [-0.4, -0.2) is 47.4 Å². The zero-order valence-electron chi connectivity index (χ0n) is 19.0. The molecule has 1 aliphatic heterocycles. The molecular weight excluding hydrogens is 387 g/mol. The summed E-state index contributed by atoms with van der Waals surface area (Å²) in [7, 11) is 0. The van der Waals surface area contributed by atoms with Crippen molar-refractivity contribution < 1.29 is 9.18 Å². The summed E-state index contributed by atoms with van der Waals surface area (Å²) in [5.41, 5.74) is 0.542. The molecule has 0 N–H and O–H groups in total. The molecule has 2 rings (SSSR count). The largest absolute Gasteiger partial charge is 0.342 e. The number of likely N-dealkylation sites (tertiary alicyclic amines) is 1. The highest BCUT2D eigenvalue weighted by atomic mass is 35.5. The Hall–Kier alpha value is -1.13. The molecule has 164 valence electrons. The van der Waals surface area contributed by atoms with Gasteiger partial charge in [0.1, 0.15) is 5.82 Å². The molecule has 5 heteroatoms. The molecule has 0 radical (unpaired) electrons. The van der Waals surface area contributed by atoms with Gasteiger partial charge in [-0.25, -0.2) is 4.39 Å². The van der Waals surface area contributed by atoms with Crippen LogP contribution in [0.3, 0.4) is 0 Å². The van der Waals surface area contributed by atoms with Gasteiger partial charge in [-0.05, 0) is 57.2 Å². The van der Waals surface area contributed by atoms with Crippen molar-refractivity contribution >= 4 is 17.5 Å². The molecular formula is C24H38ClFN2O. The third-order valence-electron chi connectivity index (χ3n) is 6.34. The molecule has 0 aromatic heterocycles. The smallest absolute Gasteiger partial charge is 0.227 e. The average molecular weight is 425 g/mol. The Morgan fingerprint density at radius 2 is 1.97 bits per heavy atom. The summed E-state index contributed by atoms with van der Waals surface area (Å²) in [6, 6.07) is 4.86. The molecule has 1 amide bonds. The van der Waals surface area contributed by atoms with E-state index in [2.05, 4.69) is 46.4 Å². The lowest BCUT2D eigenvalue weighted by Gasteiger charge is -2.32. The fourth-order valence-electron chi connectivity index (χ4n) is 4.14. The van der Waals surface area contributed by atoms with Crippen LogP contribution in [-0.2, 0) is 4.79 Å². The monoisotopic (exact) mass is 424 g/mol. The van der Waals surface area contributed by atoms with E-state index in [-0.39, 0.29) is 29.1 Å². The predicted molar refractivity (Wildman–Crippen MR) is 120 cm³/mol. The molecule has 29 heavy (non-hydrogen) atoms. The average Bonchev–Trinajstić information content (AvgIpc) is 3.09. The van der Waals surface area contributed by atoms with Crippen LogP contribution in [0, 0.1) is 17.7 Å². The first-order valence-electron chi connectivity index (χ1n) is 11.1. The van der Waals surface area contributed by atoms with Crippen LogP contribution >= 0.6 is 11.6 Å². The second-order valence-corrected chi connectivity index (χ2v) is 10.0. The molecule has 0 aliphatic carbocycles. The van der Waals surface area contributed by atoms with Gasteiger partial charge in [-0.3, -0.25) is 9.69 Å². The van der Waals surface area contributed by atoms with E-state index in [1.54, 1.807) is 12.1 Å². The van der Waals surface area contributed by atoms with Gasteiger partial charge in [-0.15, -0.1) is 0 Å². The van der Waals surface area contributed by atoms with E-state index < -0.39 is 0 Å². The molecule has 1 aromatic carbocycles. The molecule has 1 fully saturated rings. The fourth-order valence-corrected chi connectivity index (χ4v) is 4.29. The molecule has 3 atom stereocenters. The van der Waals surface area contributed by atoms with Gasteiger partial charge in [-0.1, -0.05) is 44.9 Å². The van der Waals surface area contributed by atoms with Gasteiger partial charge in [0.25, 0.3) is 0 Å². The topological polar surface area (TPSA) is 23.6 Å². The zero-order valence-corrected chi connectivity index (χ0v) is 19.7. The lowest BCUT2D eigenvalue weighted by molar-refractivity contribution is -0.135.